The Morgan fingerprint density at radius 1 is 0.389 bits per heavy atom. The van der Waals surface area contributed by atoms with Gasteiger partial charge in [0.15, 0.2) is 0 Å². The quantitative estimate of drug-likeness (QED) is 0.161. The van der Waals surface area contributed by atoms with Crippen LogP contribution in [-0.4, -0.2) is 36.3 Å². The molecule has 0 atom stereocenters. The molecule has 0 radical (unpaired) electrons. The SMILES string of the molecule is O=C1c2cccc(-n3c4cc(-c5cncnc5)ccc4c4ccc(-c5cncnc5)cc43)c2C(=O)N1c1cc(-c2ccccc2)ccc1-c1ccccc1. The maximum absolute atomic E-state index is 15.1. The van der Waals surface area contributed by atoms with Gasteiger partial charge in [0.25, 0.3) is 11.8 Å². The molecule has 6 aromatic carbocycles. The molecule has 0 unspecified atom stereocenters. The van der Waals surface area contributed by atoms with Crippen molar-refractivity contribution in [1.82, 2.24) is 24.5 Å². The minimum absolute atomic E-state index is 0.340. The Kier molecular flexibility index (Phi) is 7.26. The molecule has 54 heavy (non-hydrogen) atoms. The fraction of sp³-hybridized carbons (Fsp3) is 0. The molecule has 8 nitrogen and oxygen atoms in total. The van der Waals surface area contributed by atoms with Gasteiger partial charge < -0.3 is 4.57 Å². The van der Waals surface area contributed by atoms with Crippen molar-refractivity contribution < 1.29 is 9.59 Å². The monoisotopic (exact) mass is 696 g/mol. The van der Waals surface area contributed by atoms with Crippen LogP contribution < -0.4 is 4.90 Å². The Morgan fingerprint density at radius 3 is 1.52 bits per heavy atom. The van der Waals surface area contributed by atoms with Gasteiger partial charge in [-0.3, -0.25) is 9.59 Å². The van der Waals surface area contributed by atoms with Gasteiger partial charge in [-0.15, -0.1) is 0 Å². The molecule has 8 heteroatoms. The second-order valence-electron chi connectivity index (χ2n) is 13.2. The van der Waals surface area contributed by atoms with Crippen LogP contribution in [0.2, 0.25) is 0 Å². The van der Waals surface area contributed by atoms with Crippen LogP contribution in [0.3, 0.4) is 0 Å². The van der Waals surface area contributed by atoms with Gasteiger partial charge in [0.1, 0.15) is 12.7 Å². The zero-order valence-electron chi connectivity index (χ0n) is 28.7. The van der Waals surface area contributed by atoms with Crippen molar-refractivity contribution >= 4 is 39.3 Å². The number of rotatable bonds is 6. The van der Waals surface area contributed by atoms with E-state index in [2.05, 4.69) is 60.9 Å². The molecule has 0 fully saturated rings. The molecule has 4 heterocycles. The first-order valence-electron chi connectivity index (χ1n) is 17.5. The summed E-state index contributed by atoms with van der Waals surface area (Å²) in [5.41, 5.74) is 10.7. The molecule has 1 aliphatic heterocycles. The van der Waals surface area contributed by atoms with E-state index >= 15 is 4.79 Å². The van der Waals surface area contributed by atoms with E-state index in [1.165, 1.54) is 17.6 Å². The lowest BCUT2D eigenvalue weighted by Gasteiger charge is -2.20. The van der Waals surface area contributed by atoms with Gasteiger partial charge in [-0.2, -0.15) is 0 Å². The van der Waals surface area contributed by atoms with E-state index in [1.54, 1.807) is 30.9 Å². The van der Waals surface area contributed by atoms with E-state index in [4.69, 9.17) is 0 Å². The molecule has 0 spiro atoms. The molecule has 3 aromatic heterocycles. The molecule has 1 aliphatic rings. The van der Waals surface area contributed by atoms with E-state index in [1.807, 2.05) is 91.0 Å². The summed E-state index contributed by atoms with van der Waals surface area (Å²) in [4.78, 5) is 48.0. The summed E-state index contributed by atoms with van der Waals surface area (Å²) in [5.74, 6) is -0.757. The van der Waals surface area contributed by atoms with Crippen LogP contribution in [0.1, 0.15) is 20.7 Å². The van der Waals surface area contributed by atoms with Gasteiger partial charge in [-0.25, -0.2) is 24.8 Å². The van der Waals surface area contributed by atoms with Gasteiger partial charge >= 0.3 is 0 Å². The van der Waals surface area contributed by atoms with Crippen LogP contribution in [0.25, 0.3) is 72.0 Å². The average Bonchev–Trinajstić information content (AvgIpc) is 3.71. The number of carbonyl (C=O) groups excluding carboxylic acids is 2. The van der Waals surface area contributed by atoms with Gasteiger partial charge in [0.2, 0.25) is 0 Å². The number of nitrogens with zero attached hydrogens (tertiary/aromatic N) is 6. The minimum atomic E-state index is -0.386. The number of imide groups is 1. The lowest BCUT2D eigenvalue weighted by Crippen LogP contribution is -2.30. The zero-order valence-corrected chi connectivity index (χ0v) is 28.7. The first-order chi connectivity index (χ1) is 26.6. The second-order valence-corrected chi connectivity index (χ2v) is 13.2. The molecule has 0 aliphatic carbocycles. The molecule has 10 rings (SSSR count). The molecular weight excluding hydrogens is 669 g/mol. The molecular formula is C46H28N6O2. The summed E-state index contributed by atoms with van der Waals surface area (Å²) in [5, 5.41) is 1.99. The highest BCUT2D eigenvalue weighted by Gasteiger charge is 2.40. The number of hydrogen-bond acceptors (Lipinski definition) is 6. The Hall–Kier alpha value is -7.58. The van der Waals surface area contributed by atoms with Crippen molar-refractivity contribution in [1.29, 1.82) is 0 Å². The van der Waals surface area contributed by atoms with Crippen molar-refractivity contribution in [3.8, 4) is 50.2 Å². The van der Waals surface area contributed by atoms with Crippen LogP contribution in [0, 0.1) is 0 Å². The van der Waals surface area contributed by atoms with E-state index in [0.29, 0.717) is 22.5 Å². The number of anilines is 1. The van der Waals surface area contributed by atoms with Gasteiger partial charge in [0, 0.05) is 52.3 Å². The van der Waals surface area contributed by atoms with Crippen LogP contribution >= 0.6 is 0 Å². The smallest absolute Gasteiger partial charge is 0.268 e. The van der Waals surface area contributed by atoms with Crippen LogP contribution in [0.4, 0.5) is 5.69 Å². The Balaban J connectivity index is 1.21. The van der Waals surface area contributed by atoms with Crippen molar-refractivity contribution in [3.05, 3.63) is 182 Å². The Labute approximate surface area is 309 Å². The number of carbonyl (C=O) groups is 2. The highest BCUT2D eigenvalue weighted by Crippen LogP contribution is 2.43. The summed E-state index contributed by atoms with van der Waals surface area (Å²) in [7, 11) is 0. The number of hydrogen-bond donors (Lipinski definition) is 0. The third kappa shape index (κ3) is 5.00. The maximum Gasteiger partial charge on any atom is 0.268 e. The lowest BCUT2D eigenvalue weighted by atomic mass is 9.97. The van der Waals surface area contributed by atoms with Gasteiger partial charge in [-0.05, 0) is 58.1 Å². The standard InChI is InChI=1S/C46H28N6O2/c53-45-39-12-7-13-40(44(39)46(54)52(45)41-20-31(29-8-3-1-4-9-29)14-17-36(41)30-10-5-2-6-11-30)51-42-21-32(34-23-47-27-48-24-34)15-18-37(42)38-19-16-33(22-43(38)51)35-25-49-28-50-26-35/h1-28H. The fourth-order valence-corrected chi connectivity index (χ4v) is 7.59. The van der Waals surface area contributed by atoms with Gasteiger partial charge in [-0.1, -0.05) is 103 Å². The third-order valence-corrected chi connectivity index (χ3v) is 10.1. The van der Waals surface area contributed by atoms with Crippen molar-refractivity contribution in [2.75, 3.05) is 4.90 Å². The number of fused-ring (bicyclic) bond motifs is 4. The average molecular weight is 697 g/mol. The van der Waals surface area contributed by atoms with Gasteiger partial charge in [0.05, 0.1) is 33.5 Å². The minimum Gasteiger partial charge on any atom is -0.308 e. The van der Waals surface area contributed by atoms with Crippen molar-refractivity contribution in [2.45, 2.75) is 0 Å². The third-order valence-electron chi connectivity index (χ3n) is 10.1. The maximum atomic E-state index is 15.1. The summed E-state index contributed by atoms with van der Waals surface area (Å²) in [6.45, 7) is 0. The molecule has 0 N–H and O–H groups in total. The van der Waals surface area contributed by atoms with E-state index in [0.717, 1.165) is 66.3 Å². The highest BCUT2D eigenvalue weighted by atomic mass is 16.2. The van der Waals surface area contributed by atoms with E-state index in [9.17, 15) is 4.79 Å². The Morgan fingerprint density at radius 2 is 0.926 bits per heavy atom. The molecule has 9 aromatic rings. The second kappa shape index (κ2) is 12.6. The Bertz CT molecular complexity index is 2810. The predicted molar refractivity (Wildman–Crippen MR) is 211 cm³/mol. The summed E-state index contributed by atoms with van der Waals surface area (Å²) in [6, 6.07) is 43.8. The molecule has 0 bridgehead atoms. The molecule has 0 saturated carbocycles. The number of aromatic nitrogens is 5. The van der Waals surface area contributed by atoms with Crippen LogP contribution in [-0.2, 0) is 0 Å². The molecule has 2 amide bonds. The first kappa shape index (κ1) is 31.2. The van der Waals surface area contributed by atoms with Crippen molar-refractivity contribution in [2.24, 2.45) is 0 Å². The zero-order chi connectivity index (χ0) is 36.2. The fourth-order valence-electron chi connectivity index (χ4n) is 7.59. The normalized spacial score (nSPS) is 12.5. The molecule has 0 saturated heterocycles. The van der Waals surface area contributed by atoms with E-state index < -0.39 is 0 Å². The largest absolute Gasteiger partial charge is 0.308 e. The highest BCUT2D eigenvalue weighted by molar-refractivity contribution is 6.36. The van der Waals surface area contributed by atoms with Crippen molar-refractivity contribution in [3.63, 3.8) is 0 Å². The van der Waals surface area contributed by atoms with Crippen LogP contribution in [0.5, 0.6) is 0 Å². The molecule has 254 valence electrons. The first-order valence-corrected chi connectivity index (χ1v) is 17.5. The summed E-state index contributed by atoms with van der Waals surface area (Å²) < 4.78 is 2.09. The summed E-state index contributed by atoms with van der Waals surface area (Å²) in [6.07, 6.45) is 10.1. The van der Waals surface area contributed by atoms with Crippen LogP contribution in [0.15, 0.2) is 171 Å². The number of benzene rings is 6. The van der Waals surface area contributed by atoms with E-state index in [-0.39, 0.29) is 11.8 Å². The topological polar surface area (TPSA) is 93.9 Å². The summed E-state index contributed by atoms with van der Waals surface area (Å²) >= 11 is 0. The lowest BCUT2D eigenvalue weighted by molar-refractivity contribution is 0.0926. The number of amides is 2. The predicted octanol–water partition coefficient (Wildman–Crippen LogP) is 9.83.